The zero-order chi connectivity index (χ0) is 17.6. The van der Waals surface area contributed by atoms with E-state index in [1.807, 2.05) is 0 Å². The Labute approximate surface area is 176 Å². The third kappa shape index (κ3) is 7.42. The molecule has 1 aromatic carbocycles. The van der Waals surface area contributed by atoms with Crippen LogP contribution in [0.3, 0.4) is 0 Å². The second-order valence-corrected chi connectivity index (χ2v) is 9.41. The van der Waals surface area contributed by atoms with E-state index in [1.165, 1.54) is 12.8 Å². The summed E-state index contributed by atoms with van der Waals surface area (Å²) in [5, 5.41) is 6.53. The Bertz CT molecular complexity index is 665. The summed E-state index contributed by atoms with van der Waals surface area (Å²) in [5.41, 5.74) is 0. The SMILES string of the molecule is CN=C(NCCS(=O)(=O)c1ccc(Br)cc1)NC1CCCC(C)C1.I. The number of guanidine groups is 1. The van der Waals surface area contributed by atoms with Gasteiger partial charge < -0.3 is 10.6 Å². The van der Waals surface area contributed by atoms with Crippen molar-refractivity contribution < 1.29 is 8.42 Å². The zero-order valence-corrected chi connectivity index (χ0v) is 19.4. The van der Waals surface area contributed by atoms with Gasteiger partial charge in [0, 0.05) is 24.1 Å². The van der Waals surface area contributed by atoms with Crippen molar-refractivity contribution in [2.45, 2.75) is 43.5 Å². The van der Waals surface area contributed by atoms with Crippen LogP contribution in [0.1, 0.15) is 32.6 Å². The van der Waals surface area contributed by atoms with Crippen molar-refractivity contribution in [3.63, 3.8) is 0 Å². The van der Waals surface area contributed by atoms with E-state index in [0.717, 1.165) is 23.2 Å². The van der Waals surface area contributed by atoms with Crippen molar-refractivity contribution in [1.29, 1.82) is 0 Å². The number of hydrogen-bond donors (Lipinski definition) is 2. The number of aliphatic imine (C=N–C) groups is 1. The Hall–Kier alpha value is -0.350. The van der Waals surface area contributed by atoms with E-state index in [1.54, 1.807) is 31.3 Å². The van der Waals surface area contributed by atoms with Crippen LogP contribution in [0.2, 0.25) is 0 Å². The number of halogens is 2. The molecule has 1 aliphatic rings. The summed E-state index contributed by atoms with van der Waals surface area (Å²) in [6, 6.07) is 7.14. The topological polar surface area (TPSA) is 70.6 Å². The van der Waals surface area contributed by atoms with Gasteiger partial charge in [-0.2, -0.15) is 0 Å². The summed E-state index contributed by atoms with van der Waals surface area (Å²) in [7, 11) is -1.58. The molecule has 2 rings (SSSR count). The molecule has 25 heavy (non-hydrogen) atoms. The molecule has 5 nitrogen and oxygen atoms in total. The van der Waals surface area contributed by atoms with E-state index >= 15 is 0 Å². The van der Waals surface area contributed by atoms with Crippen molar-refractivity contribution >= 4 is 55.7 Å². The van der Waals surface area contributed by atoms with Crippen LogP contribution in [-0.4, -0.2) is 39.8 Å². The molecule has 0 radical (unpaired) electrons. The molecule has 1 saturated carbocycles. The quantitative estimate of drug-likeness (QED) is 0.338. The lowest BCUT2D eigenvalue weighted by Gasteiger charge is -2.28. The fourth-order valence-corrected chi connectivity index (χ4v) is 4.44. The van der Waals surface area contributed by atoms with E-state index in [9.17, 15) is 8.42 Å². The summed E-state index contributed by atoms with van der Waals surface area (Å²) in [6.07, 6.45) is 4.80. The van der Waals surface area contributed by atoms with Crippen LogP contribution < -0.4 is 10.6 Å². The number of nitrogens with one attached hydrogen (secondary N) is 2. The van der Waals surface area contributed by atoms with Crippen molar-refractivity contribution in [1.82, 2.24) is 10.6 Å². The lowest BCUT2D eigenvalue weighted by molar-refractivity contribution is 0.324. The van der Waals surface area contributed by atoms with Crippen LogP contribution in [0.5, 0.6) is 0 Å². The van der Waals surface area contributed by atoms with E-state index < -0.39 is 9.84 Å². The molecule has 1 fully saturated rings. The van der Waals surface area contributed by atoms with Crippen LogP contribution in [0, 0.1) is 5.92 Å². The first kappa shape index (κ1) is 22.7. The Morgan fingerprint density at radius 1 is 1.28 bits per heavy atom. The first-order chi connectivity index (χ1) is 11.4. The van der Waals surface area contributed by atoms with Gasteiger partial charge in [0.05, 0.1) is 10.6 Å². The van der Waals surface area contributed by atoms with Gasteiger partial charge in [0.15, 0.2) is 15.8 Å². The molecule has 0 bridgehead atoms. The predicted octanol–water partition coefficient (Wildman–Crippen LogP) is 3.58. The number of rotatable bonds is 5. The third-order valence-corrected chi connectivity index (χ3v) is 6.60. The molecule has 1 aliphatic carbocycles. The smallest absolute Gasteiger partial charge is 0.191 e. The highest BCUT2D eigenvalue weighted by molar-refractivity contribution is 14.0. The number of hydrogen-bond acceptors (Lipinski definition) is 3. The molecule has 0 spiro atoms. The summed E-state index contributed by atoms with van der Waals surface area (Å²) >= 11 is 3.31. The Morgan fingerprint density at radius 2 is 1.96 bits per heavy atom. The van der Waals surface area contributed by atoms with Gasteiger partial charge in [-0.15, -0.1) is 24.0 Å². The summed E-state index contributed by atoms with van der Waals surface area (Å²) in [6.45, 7) is 2.61. The standard InChI is InChI=1S/C17H26BrN3O2S.HI/c1-13-4-3-5-15(12-13)21-17(19-2)20-10-11-24(22,23)16-8-6-14(18)7-9-16;/h6-9,13,15H,3-5,10-12H2,1-2H3,(H2,19,20,21);1H. The van der Waals surface area contributed by atoms with Crippen molar-refractivity contribution in [3.8, 4) is 0 Å². The molecule has 0 aliphatic heterocycles. The second kappa shape index (κ2) is 10.7. The molecular formula is C17H27BrIN3O2S. The molecular weight excluding hydrogens is 517 g/mol. The average Bonchev–Trinajstić information content (AvgIpc) is 2.54. The van der Waals surface area contributed by atoms with Crippen LogP contribution in [0.25, 0.3) is 0 Å². The highest BCUT2D eigenvalue weighted by Gasteiger charge is 2.20. The van der Waals surface area contributed by atoms with Gasteiger partial charge in [-0.25, -0.2) is 8.42 Å². The lowest BCUT2D eigenvalue weighted by atomic mass is 9.87. The van der Waals surface area contributed by atoms with Crippen LogP contribution in [0.4, 0.5) is 0 Å². The van der Waals surface area contributed by atoms with E-state index in [2.05, 4.69) is 38.5 Å². The second-order valence-electron chi connectivity index (χ2n) is 6.38. The fourth-order valence-electron chi connectivity index (χ4n) is 3.02. The van der Waals surface area contributed by atoms with E-state index in [-0.39, 0.29) is 29.7 Å². The van der Waals surface area contributed by atoms with Crippen molar-refractivity contribution in [3.05, 3.63) is 28.7 Å². The fraction of sp³-hybridized carbons (Fsp3) is 0.588. The largest absolute Gasteiger partial charge is 0.355 e. The third-order valence-electron chi connectivity index (χ3n) is 4.34. The highest BCUT2D eigenvalue weighted by atomic mass is 127. The minimum atomic E-state index is -3.29. The number of benzene rings is 1. The summed E-state index contributed by atoms with van der Waals surface area (Å²) < 4.78 is 25.5. The minimum Gasteiger partial charge on any atom is -0.355 e. The molecule has 1 aromatic rings. The van der Waals surface area contributed by atoms with Gasteiger partial charge in [0.1, 0.15) is 0 Å². The molecule has 2 atom stereocenters. The first-order valence-corrected chi connectivity index (χ1v) is 10.8. The van der Waals surface area contributed by atoms with Gasteiger partial charge in [-0.05, 0) is 43.0 Å². The number of sulfone groups is 1. The van der Waals surface area contributed by atoms with Crippen LogP contribution in [-0.2, 0) is 9.84 Å². The maximum Gasteiger partial charge on any atom is 0.191 e. The Morgan fingerprint density at radius 3 is 2.56 bits per heavy atom. The van der Waals surface area contributed by atoms with Crippen LogP contribution in [0.15, 0.2) is 38.6 Å². The Balaban J connectivity index is 0.00000312. The molecule has 8 heteroatoms. The maximum absolute atomic E-state index is 12.3. The van der Waals surface area contributed by atoms with Crippen molar-refractivity contribution in [2.24, 2.45) is 10.9 Å². The van der Waals surface area contributed by atoms with Crippen molar-refractivity contribution in [2.75, 3.05) is 19.3 Å². The maximum atomic E-state index is 12.3. The molecule has 0 amide bonds. The van der Waals surface area contributed by atoms with E-state index in [4.69, 9.17) is 0 Å². The zero-order valence-electron chi connectivity index (χ0n) is 14.7. The van der Waals surface area contributed by atoms with Gasteiger partial charge in [0.2, 0.25) is 0 Å². The Kier molecular flexibility index (Phi) is 9.73. The highest BCUT2D eigenvalue weighted by Crippen LogP contribution is 2.23. The number of nitrogens with zero attached hydrogens (tertiary/aromatic N) is 1. The summed E-state index contributed by atoms with van der Waals surface area (Å²) in [5.74, 6) is 1.45. The monoisotopic (exact) mass is 543 g/mol. The van der Waals surface area contributed by atoms with Gasteiger partial charge in [-0.1, -0.05) is 35.7 Å². The van der Waals surface area contributed by atoms with Gasteiger partial charge in [0.25, 0.3) is 0 Å². The average molecular weight is 544 g/mol. The van der Waals surface area contributed by atoms with Crippen LogP contribution >= 0.6 is 39.9 Å². The van der Waals surface area contributed by atoms with Gasteiger partial charge >= 0.3 is 0 Å². The molecule has 2 unspecified atom stereocenters. The molecule has 0 heterocycles. The van der Waals surface area contributed by atoms with Gasteiger partial charge in [-0.3, -0.25) is 4.99 Å². The lowest BCUT2D eigenvalue weighted by Crippen LogP contribution is -2.46. The molecule has 0 saturated heterocycles. The summed E-state index contributed by atoms with van der Waals surface area (Å²) in [4.78, 5) is 4.55. The minimum absolute atomic E-state index is 0. The van der Waals surface area contributed by atoms with E-state index in [0.29, 0.717) is 23.4 Å². The normalized spacial score (nSPS) is 21.3. The molecule has 0 aromatic heterocycles. The molecule has 2 N–H and O–H groups in total. The predicted molar refractivity (Wildman–Crippen MR) is 118 cm³/mol. The molecule has 142 valence electrons. The first-order valence-electron chi connectivity index (χ1n) is 8.36.